The van der Waals surface area contributed by atoms with Gasteiger partial charge in [0.1, 0.15) is 5.82 Å². The zero-order valence-electron chi connectivity index (χ0n) is 12.1. The van der Waals surface area contributed by atoms with Crippen LogP contribution in [0.25, 0.3) is 0 Å². The predicted molar refractivity (Wildman–Crippen MR) is 85.3 cm³/mol. The van der Waals surface area contributed by atoms with Gasteiger partial charge in [0.2, 0.25) is 5.95 Å². The topological polar surface area (TPSA) is 44.3 Å². The first kappa shape index (κ1) is 14.1. The van der Waals surface area contributed by atoms with Gasteiger partial charge in [0.25, 0.3) is 0 Å². The number of rotatable bonds is 3. The molecule has 0 aliphatic carbocycles. The molecular formula is C14H22BrN5. The Morgan fingerprint density at radius 3 is 3.10 bits per heavy atom. The van der Waals surface area contributed by atoms with Crippen molar-refractivity contribution in [2.45, 2.75) is 38.8 Å². The largest absolute Gasteiger partial charge is 0.354 e. The minimum atomic E-state index is 0.491. The van der Waals surface area contributed by atoms with Crippen LogP contribution in [0.4, 0.5) is 11.8 Å². The van der Waals surface area contributed by atoms with E-state index in [0.717, 1.165) is 29.9 Å². The fraction of sp³-hybridized carbons (Fsp3) is 0.714. The fourth-order valence-electron chi connectivity index (χ4n) is 3.29. The molecule has 1 aromatic heterocycles. The summed E-state index contributed by atoms with van der Waals surface area (Å²) in [6.07, 6.45) is 4.50. The van der Waals surface area contributed by atoms with Crippen LogP contribution in [0.1, 0.15) is 26.7 Å². The van der Waals surface area contributed by atoms with E-state index in [9.17, 15) is 0 Å². The molecule has 0 bridgehead atoms. The first-order valence-corrected chi connectivity index (χ1v) is 8.25. The maximum Gasteiger partial charge on any atom is 0.224 e. The normalized spacial score (nSPS) is 26.6. The summed E-state index contributed by atoms with van der Waals surface area (Å²) in [6.45, 7) is 8.66. The molecule has 2 atom stereocenters. The van der Waals surface area contributed by atoms with Crippen molar-refractivity contribution in [2.75, 3.05) is 36.4 Å². The van der Waals surface area contributed by atoms with E-state index in [1.807, 2.05) is 6.20 Å². The van der Waals surface area contributed by atoms with Crippen LogP contribution in [0.15, 0.2) is 10.7 Å². The lowest BCUT2D eigenvalue weighted by molar-refractivity contribution is 0.202. The number of piperazine rings is 1. The van der Waals surface area contributed by atoms with Crippen LogP contribution in [0.5, 0.6) is 0 Å². The van der Waals surface area contributed by atoms with Crippen molar-refractivity contribution in [3.05, 3.63) is 10.7 Å². The second-order valence-electron chi connectivity index (χ2n) is 5.69. The summed E-state index contributed by atoms with van der Waals surface area (Å²) in [7, 11) is 0. The van der Waals surface area contributed by atoms with Gasteiger partial charge in [0.15, 0.2) is 0 Å². The molecule has 2 aliphatic heterocycles. The lowest BCUT2D eigenvalue weighted by Crippen LogP contribution is -2.55. The molecule has 1 aromatic rings. The third-order valence-corrected chi connectivity index (χ3v) is 4.83. The molecule has 0 amide bonds. The number of halogens is 1. The molecule has 3 heterocycles. The van der Waals surface area contributed by atoms with E-state index < -0.39 is 0 Å². The second kappa shape index (κ2) is 5.85. The summed E-state index contributed by atoms with van der Waals surface area (Å²) in [4.78, 5) is 14.1. The monoisotopic (exact) mass is 339 g/mol. The maximum absolute atomic E-state index is 4.69. The standard InChI is InChI=1S/C14H22BrN5/c1-3-16-14-17-7-12(15)13(18-14)20-9-11-5-4-6-19(11)8-10(20)2/h7,10-11H,3-6,8-9H2,1-2H3,(H,16,17,18). The van der Waals surface area contributed by atoms with E-state index >= 15 is 0 Å². The van der Waals surface area contributed by atoms with Crippen LogP contribution in [0, 0.1) is 0 Å². The van der Waals surface area contributed by atoms with E-state index in [1.165, 1.54) is 19.4 Å². The van der Waals surface area contributed by atoms with Crippen molar-refractivity contribution in [3.63, 3.8) is 0 Å². The minimum Gasteiger partial charge on any atom is -0.354 e. The van der Waals surface area contributed by atoms with Gasteiger partial charge in [-0.15, -0.1) is 0 Å². The van der Waals surface area contributed by atoms with E-state index in [1.54, 1.807) is 0 Å². The average Bonchev–Trinajstić information content (AvgIpc) is 2.87. The van der Waals surface area contributed by atoms with Crippen LogP contribution in [-0.2, 0) is 0 Å². The Hall–Kier alpha value is -0.880. The first-order chi connectivity index (χ1) is 9.69. The molecule has 2 aliphatic rings. The highest BCUT2D eigenvalue weighted by Crippen LogP contribution is 2.31. The Morgan fingerprint density at radius 1 is 1.45 bits per heavy atom. The van der Waals surface area contributed by atoms with Gasteiger partial charge in [-0.25, -0.2) is 4.98 Å². The van der Waals surface area contributed by atoms with Crippen LogP contribution < -0.4 is 10.2 Å². The van der Waals surface area contributed by atoms with E-state index in [4.69, 9.17) is 0 Å². The number of anilines is 2. The lowest BCUT2D eigenvalue weighted by atomic mass is 10.1. The predicted octanol–water partition coefficient (Wildman–Crippen LogP) is 2.34. The van der Waals surface area contributed by atoms with Crippen molar-refractivity contribution in [1.29, 1.82) is 0 Å². The molecule has 6 heteroatoms. The number of hydrogen-bond donors (Lipinski definition) is 1. The summed E-state index contributed by atoms with van der Waals surface area (Å²) in [5.74, 6) is 1.74. The van der Waals surface area contributed by atoms with Crippen LogP contribution in [-0.4, -0.2) is 53.1 Å². The zero-order chi connectivity index (χ0) is 14.1. The molecule has 0 radical (unpaired) electrons. The lowest BCUT2D eigenvalue weighted by Gasteiger charge is -2.43. The minimum absolute atomic E-state index is 0.491. The third kappa shape index (κ3) is 2.63. The quantitative estimate of drug-likeness (QED) is 0.915. The first-order valence-electron chi connectivity index (χ1n) is 7.46. The highest BCUT2D eigenvalue weighted by Gasteiger charge is 2.35. The molecule has 2 fully saturated rings. The van der Waals surface area contributed by atoms with Gasteiger partial charge in [-0.3, -0.25) is 4.90 Å². The Kier molecular flexibility index (Phi) is 4.12. The van der Waals surface area contributed by atoms with Crippen molar-refractivity contribution in [2.24, 2.45) is 0 Å². The Bertz CT molecular complexity index is 481. The summed E-state index contributed by atoms with van der Waals surface area (Å²) >= 11 is 3.61. The molecule has 5 nitrogen and oxygen atoms in total. The summed E-state index contributed by atoms with van der Waals surface area (Å²) < 4.78 is 0.984. The van der Waals surface area contributed by atoms with E-state index in [0.29, 0.717) is 18.0 Å². The summed E-state index contributed by atoms with van der Waals surface area (Å²) in [5, 5.41) is 3.20. The van der Waals surface area contributed by atoms with Crippen molar-refractivity contribution >= 4 is 27.7 Å². The van der Waals surface area contributed by atoms with Crippen LogP contribution in [0.2, 0.25) is 0 Å². The zero-order valence-corrected chi connectivity index (χ0v) is 13.7. The van der Waals surface area contributed by atoms with Crippen molar-refractivity contribution < 1.29 is 0 Å². The molecule has 0 spiro atoms. The van der Waals surface area contributed by atoms with Gasteiger partial charge in [-0.05, 0) is 49.2 Å². The third-order valence-electron chi connectivity index (χ3n) is 4.27. The molecule has 0 aromatic carbocycles. The van der Waals surface area contributed by atoms with Crippen LogP contribution in [0.3, 0.4) is 0 Å². The average molecular weight is 340 g/mol. The van der Waals surface area contributed by atoms with Gasteiger partial charge < -0.3 is 10.2 Å². The number of nitrogens with one attached hydrogen (secondary N) is 1. The molecule has 20 heavy (non-hydrogen) atoms. The smallest absolute Gasteiger partial charge is 0.224 e. The van der Waals surface area contributed by atoms with Gasteiger partial charge in [0, 0.05) is 37.9 Å². The summed E-state index contributed by atoms with van der Waals surface area (Å²) in [6, 6.07) is 1.18. The highest BCUT2D eigenvalue weighted by atomic mass is 79.9. The second-order valence-corrected chi connectivity index (χ2v) is 6.54. The number of hydrogen-bond acceptors (Lipinski definition) is 5. The number of nitrogens with zero attached hydrogens (tertiary/aromatic N) is 4. The Balaban J connectivity index is 1.85. The van der Waals surface area contributed by atoms with Crippen molar-refractivity contribution in [3.8, 4) is 0 Å². The SMILES string of the molecule is CCNc1ncc(Br)c(N2CC3CCCN3CC2C)n1. The molecule has 2 saturated heterocycles. The fourth-order valence-corrected chi connectivity index (χ4v) is 3.70. The van der Waals surface area contributed by atoms with E-state index in [-0.39, 0.29) is 0 Å². The van der Waals surface area contributed by atoms with Crippen molar-refractivity contribution in [1.82, 2.24) is 14.9 Å². The van der Waals surface area contributed by atoms with Gasteiger partial charge in [-0.2, -0.15) is 4.98 Å². The summed E-state index contributed by atoms with van der Waals surface area (Å²) in [5.41, 5.74) is 0. The molecule has 0 saturated carbocycles. The van der Waals surface area contributed by atoms with Gasteiger partial charge in [-0.1, -0.05) is 0 Å². The molecular weight excluding hydrogens is 318 g/mol. The molecule has 110 valence electrons. The molecule has 3 rings (SSSR count). The molecule has 2 unspecified atom stereocenters. The van der Waals surface area contributed by atoms with Gasteiger partial charge in [0.05, 0.1) is 4.47 Å². The van der Waals surface area contributed by atoms with Gasteiger partial charge >= 0.3 is 0 Å². The van der Waals surface area contributed by atoms with Crippen LogP contribution >= 0.6 is 15.9 Å². The van der Waals surface area contributed by atoms with E-state index in [2.05, 4.69) is 54.9 Å². The Morgan fingerprint density at radius 2 is 2.30 bits per heavy atom. The Labute approximate surface area is 128 Å². The number of fused-ring (bicyclic) bond motifs is 1. The number of aromatic nitrogens is 2. The maximum atomic E-state index is 4.69. The highest BCUT2D eigenvalue weighted by molar-refractivity contribution is 9.10. The molecule has 1 N–H and O–H groups in total.